The van der Waals surface area contributed by atoms with Crippen molar-refractivity contribution in [3.05, 3.63) is 6.07 Å². The highest BCUT2D eigenvalue weighted by Crippen LogP contribution is 2.21. The molecule has 1 fully saturated rings. The summed E-state index contributed by atoms with van der Waals surface area (Å²) in [6, 6.07) is 1.66. The standard InChI is InChI=1S/C11H16BrN3O3/c1-16-9-5-10(17-2)14-11(13-9)15-3-4-18-8(6-12)7-15/h5,8H,3-4,6-7H2,1-2H3. The fraction of sp³-hybridized carbons (Fsp3) is 0.636. The second-order valence-electron chi connectivity index (χ2n) is 3.85. The highest BCUT2D eigenvalue weighted by Gasteiger charge is 2.22. The van der Waals surface area contributed by atoms with E-state index in [4.69, 9.17) is 14.2 Å². The summed E-state index contributed by atoms with van der Waals surface area (Å²) in [6.45, 7) is 2.18. The van der Waals surface area contributed by atoms with E-state index in [-0.39, 0.29) is 6.10 Å². The maximum atomic E-state index is 5.59. The smallest absolute Gasteiger partial charge is 0.232 e. The molecule has 1 unspecified atom stereocenters. The summed E-state index contributed by atoms with van der Waals surface area (Å²) >= 11 is 3.43. The van der Waals surface area contributed by atoms with Gasteiger partial charge in [-0.05, 0) is 0 Å². The van der Waals surface area contributed by atoms with Crippen LogP contribution < -0.4 is 14.4 Å². The first-order valence-corrected chi connectivity index (χ1v) is 6.78. The maximum Gasteiger partial charge on any atom is 0.232 e. The van der Waals surface area contributed by atoms with E-state index >= 15 is 0 Å². The summed E-state index contributed by atoms with van der Waals surface area (Å²) in [4.78, 5) is 10.7. The molecular formula is C11H16BrN3O3. The van der Waals surface area contributed by atoms with E-state index in [9.17, 15) is 0 Å². The van der Waals surface area contributed by atoms with Gasteiger partial charge < -0.3 is 19.1 Å². The Bertz CT molecular complexity index is 383. The maximum absolute atomic E-state index is 5.59. The summed E-state index contributed by atoms with van der Waals surface area (Å²) in [7, 11) is 3.15. The third-order valence-electron chi connectivity index (χ3n) is 2.68. The van der Waals surface area contributed by atoms with E-state index in [0.29, 0.717) is 24.3 Å². The zero-order valence-corrected chi connectivity index (χ0v) is 12.0. The van der Waals surface area contributed by atoms with Crippen molar-refractivity contribution in [1.82, 2.24) is 9.97 Å². The SMILES string of the molecule is COc1cc(OC)nc(N2CCOC(CBr)C2)n1. The quantitative estimate of drug-likeness (QED) is 0.775. The van der Waals surface area contributed by atoms with Gasteiger partial charge in [0.05, 0.1) is 33.0 Å². The van der Waals surface area contributed by atoms with Gasteiger partial charge in [-0.1, -0.05) is 15.9 Å². The van der Waals surface area contributed by atoms with Crippen molar-refractivity contribution in [2.75, 3.05) is 44.1 Å². The molecule has 0 N–H and O–H groups in total. The lowest BCUT2D eigenvalue weighted by atomic mass is 10.3. The van der Waals surface area contributed by atoms with Crippen LogP contribution in [0.3, 0.4) is 0 Å². The van der Waals surface area contributed by atoms with E-state index in [1.165, 1.54) is 0 Å². The van der Waals surface area contributed by atoms with E-state index in [0.717, 1.165) is 18.4 Å². The molecule has 6 nitrogen and oxygen atoms in total. The number of ether oxygens (including phenoxy) is 3. The monoisotopic (exact) mass is 317 g/mol. The van der Waals surface area contributed by atoms with Crippen LogP contribution in [0.4, 0.5) is 5.95 Å². The molecule has 0 bridgehead atoms. The fourth-order valence-corrected chi connectivity index (χ4v) is 2.13. The van der Waals surface area contributed by atoms with Crippen LogP contribution in [-0.4, -0.2) is 55.3 Å². The van der Waals surface area contributed by atoms with Crippen LogP contribution >= 0.6 is 15.9 Å². The molecule has 1 saturated heterocycles. The molecule has 2 rings (SSSR count). The summed E-state index contributed by atoms with van der Waals surface area (Å²) in [5, 5.41) is 0.796. The number of hydrogen-bond donors (Lipinski definition) is 0. The molecule has 0 spiro atoms. The second kappa shape index (κ2) is 6.19. The van der Waals surface area contributed by atoms with E-state index in [1.54, 1.807) is 20.3 Å². The number of aromatic nitrogens is 2. The third kappa shape index (κ3) is 3.02. The van der Waals surface area contributed by atoms with Gasteiger partial charge >= 0.3 is 0 Å². The van der Waals surface area contributed by atoms with Gasteiger partial charge in [-0.3, -0.25) is 0 Å². The van der Waals surface area contributed by atoms with Gasteiger partial charge in [0.25, 0.3) is 0 Å². The highest BCUT2D eigenvalue weighted by atomic mass is 79.9. The third-order valence-corrected chi connectivity index (χ3v) is 3.40. The Morgan fingerprint density at radius 2 is 2.06 bits per heavy atom. The van der Waals surface area contributed by atoms with Gasteiger partial charge in [-0.2, -0.15) is 9.97 Å². The molecule has 0 aromatic carbocycles. The molecule has 0 aliphatic carbocycles. The minimum absolute atomic E-state index is 0.152. The van der Waals surface area contributed by atoms with Crippen molar-refractivity contribution >= 4 is 21.9 Å². The molecule has 1 aliphatic heterocycles. The number of hydrogen-bond acceptors (Lipinski definition) is 6. The average molecular weight is 318 g/mol. The van der Waals surface area contributed by atoms with E-state index in [1.807, 2.05) is 0 Å². The Morgan fingerprint density at radius 1 is 1.39 bits per heavy atom. The lowest BCUT2D eigenvalue weighted by Crippen LogP contribution is -2.44. The van der Waals surface area contributed by atoms with Crippen LogP contribution in [0.25, 0.3) is 0 Å². The number of anilines is 1. The van der Waals surface area contributed by atoms with Gasteiger partial charge in [0.15, 0.2) is 0 Å². The van der Waals surface area contributed by atoms with Crippen molar-refractivity contribution in [3.8, 4) is 11.8 Å². The Kier molecular flexibility index (Phi) is 4.60. The Hall–Kier alpha value is -1.08. The largest absolute Gasteiger partial charge is 0.481 e. The predicted molar refractivity (Wildman–Crippen MR) is 70.9 cm³/mol. The molecule has 100 valence electrons. The molecule has 1 atom stereocenters. The van der Waals surface area contributed by atoms with Crippen LogP contribution in [0.2, 0.25) is 0 Å². The first-order chi connectivity index (χ1) is 8.76. The molecule has 2 heterocycles. The molecule has 0 saturated carbocycles. The van der Waals surface area contributed by atoms with Gasteiger partial charge in [0.2, 0.25) is 17.7 Å². The van der Waals surface area contributed by atoms with Crippen LogP contribution in [-0.2, 0) is 4.74 Å². The summed E-state index contributed by atoms with van der Waals surface area (Å²) in [6.07, 6.45) is 0.152. The summed E-state index contributed by atoms with van der Waals surface area (Å²) in [5.74, 6) is 1.61. The average Bonchev–Trinajstić information content (AvgIpc) is 2.46. The van der Waals surface area contributed by atoms with Crippen LogP contribution in [0.1, 0.15) is 0 Å². The number of rotatable bonds is 4. The Balaban J connectivity index is 2.20. The molecule has 0 amide bonds. The highest BCUT2D eigenvalue weighted by molar-refractivity contribution is 9.09. The zero-order valence-electron chi connectivity index (χ0n) is 10.4. The second-order valence-corrected chi connectivity index (χ2v) is 4.49. The lowest BCUT2D eigenvalue weighted by Gasteiger charge is -2.32. The topological polar surface area (TPSA) is 56.7 Å². The molecular weight excluding hydrogens is 302 g/mol. The number of alkyl halides is 1. The first kappa shape index (κ1) is 13.4. The number of methoxy groups -OCH3 is 2. The van der Waals surface area contributed by atoms with Crippen LogP contribution in [0.5, 0.6) is 11.8 Å². The van der Waals surface area contributed by atoms with Crippen LogP contribution in [0.15, 0.2) is 6.07 Å². The summed E-state index contributed by atoms with van der Waals surface area (Å²) in [5.41, 5.74) is 0. The van der Waals surface area contributed by atoms with E-state index in [2.05, 4.69) is 30.8 Å². The van der Waals surface area contributed by atoms with Crippen molar-refractivity contribution in [1.29, 1.82) is 0 Å². The van der Waals surface area contributed by atoms with Crippen molar-refractivity contribution in [2.45, 2.75) is 6.10 Å². The van der Waals surface area contributed by atoms with Crippen molar-refractivity contribution < 1.29 is 14.2 Å². The Morgan fingerprint density at radius 3 is 2.61 bits per heavy atom. The van der Waals surface area contributed by atoms with E-state index < -0.39 is 0 Å². The number of morpholine rings is 1. The molecule has 7 heteroatoms. The molecule has 1 aromatic rings. The van der Waals surface area contributed by atoms with Gasteiger partial charge in [-0.25, -0.2) is 0 Å². The zero-order chi connectivity index (χ0) is 13.0. The molecule has 1 aromatic heterocycles. The normalized spacial score (nSPS) is 19.7. The first-order valence-electron chi connectivity index (χ1n) is 5.66. The van der Waals surface area contributed by atoms with Gasteiger partial charge in [0.1, 0.15) is 0 Å². The fourth-order valence-electron chi connectivity index (χ4n) is 1.74. The number of nitrogens with zero attached hydrogens (tertiary/aromatic N) is 3. The molecule has 1 aliphatic rings. The predicted octanol–water partition coefficient (Wildman–Crippen LogP) is 1.09. The van der Waals surface area contributed by atoms with Crippen LogP contribution in [0, 0.1) is 0 Å². The molecule has 0 radical (unpaired) electrons. The summed E-state index contributed by atoms with van der Waals surface area (Å²) < 4.78 is 15.9. The minimum atomic E-state index is 0.152. The van der Waals surface area contributed by atoms with Crippen molar-refractivity contribution in [2.24, 2.45) is 0 Å². The number of halogens is 1. The molecule has 18 heavy (non-hydrogen) atoms. The lowest BCUT2D eigenvalue weighted by molar-refractivity contribution is 0.0564. The minimum Gasteiger partial charge on any atom is -0.481 e. The van der Waals surface area contributed by atoms with Gasteiger partial charge in [0, 0.05) is 18.4 Å². The van der Waals surface area contributed by atoms with Gasteiger partial charge in [-0.15, -0.1) is 0 Å². The Labute approximate surface area is 114 Å². The van der Waals surface area contributed by atoms with Crippen molar-refractivity contribution in [3.63, 3.8) is 0 Å².